The minimum absolute atomic E-state index is 0.633. The second kappa shape index (κ2) is 10.5. The summed E-state index contributed by atoms with van der Waals surface area (Å²) in [5.74, 6) is 3.20. The van der Waals surface area contributed by atoms with Crippen molar-refractivity contribution in [3.05, 3.63) is 17.8 Å². The summed E-state index contributed by atoms with van der Waals surface area (Å²) in [4.78, 5) is 2.75. The molecule has 4 rings (SSSR count). The lowest BCUT2D eigenvalue weighted by atomic mass is 9.87. The van der Waals surface area contributed by atoms with E-state index in [1.54, 1.807) is 14.2 Å². The number of aryl methyl sites for hydroxylation is 1. The number of aromatic nitrogens is 1. The fourth-order valence-electron chi connectivity index (χ4n) is 5.46. The first-order chi connectivity index (χ1) is 14.8. The Balaban J connectivity index is 1.19. The number of rotatable bonds is 9. The maximum Gasteiger partial charge on any atom is 0.212 e. The summed E-state index contributed by atoms with van der Waals surface area (Å²) in [6.07, 6.45) is 14.8. The molecule has 0 bridgehead atoms. The van der Waals surface area contributed by atoms with Crippen molar-refractivity contribution in [2.45, 2.75) is 70.6 Å². The summed E-state index contributed by atoms with van der Waals surface area (Å²) in [6.45, 7) is 3.99. The average Bonchev–Trinajstić information content (AvgIpc) is 3.21. The van der Waals surface area contributed by atoms with E-state index in [0.717, 1.165) is 35.8 Å². The third-order valence-corrected chi connectivity index (χ3v) is 7.28. The number of nitrogens with zero attached hydrogens (tertiary/aromatic N) is 2. The van der Waals surface area contributed by atoms with Crippen LogP contribution in [0.1, 0.15) is 69.9 Å². The van der Waals surface area contributed by atoms with Crippen LogP contribution in [-0.2, 0) is 6.42 Å². The van der Waals surface area contributed by atoms with E-state index < -0.39 is 0 Å². The second-order valence-electron chi connectivity index (χ2n) is 9.30. The highest BCUT2D eigenvalue weighted by atomic mass is 16.5. The molecule has 0 spiro atoms. The standard InChI is InChI=1S/C25H38N2O3/c1-28-23-13-12-21-22(26-30-24(21)25(23)29-2)11-7-6-8-19-14-16-27(17-15-19)18-20-9-4-3-5-10-20/h12-13,19-20H,3-11,14-18H2,1-2H3. The fourth-order valence-corrected chi connectivity index (χ4v) is 5.46. The Hall–Kier alpha value is -1.75. The quantitative estimate of drug-likeness (QED) is 0.482. The summed E-state index contributed by atoms with van der Waals surface area (Å²) in [5.41, 5.74) is 1.73. The van der Waals surface area contributed by atoms with Crippen LogP contribution in [0.5, 0.6) is 11.5 Å². The molecule has 5 heteroatoms. The molecule has 1 saturated carbocycles. The van der Waals surface area contributed by atoms with Gasteiger partial charge in [0.2, 0.25) is 11.3 Å². The summed E-state index contributed by atoms with van der Waals surface area (Å²) in [6, 6.07) is 3.97. The number of fused-ring (bicyclic) bond motifs is 1. The molecule has 1 aliphatic carbocycles. The molecule has 0 unspecified atom stereocenters. The number of hydrogen-bond donors (Lipinski definition) is 0. The van der Waals surface area contributed by atoms with Crippen molar-refractivity contribution in [3.8, 4) is 11.5 Å². The number of hydrogen-bond acceptors (Lipinski definition) is 5. The molecule has 0 amide bonds. The van der Waals surface area contributed by atoms with Gasteiger partial charge in [-0.3, -0.25) is 0 Å². The molecule has 2 aromatic rings. The van der Waals surface area contributed by atoms with E-state index in [1.807, 2.05) is 12.1 Å². The van der Waals surface area contributed by atoms with Gasteiger partial charge in [0, 0.05) is 11.9 Å². The fraction of sp³-hybridized carbons (Fsp3) is 0.720. The SMILES string of the molecule is COc1ccc2c(CCCCC3CCN(CC4CCCCC4)CC3)noc2c1OC. The molecule has 0 atom stereocenters. The molecule has 0 N–H and O–H groups in total. The number of piperidine rings is 1. The van der Waals surface area contributed by atoms with Gasteiger partial charge >= 0.3 is 0 Å². The zero-order valence-corrected chi connectivity index (χ0v) is 18.8. The summed E-state index contributed by atoms with van der Waals surface area (Å²) >= 11 is 0. The number of methoxy groups -OCH3 is 2. The van der Waals surface area contributed by atoms with Crippen molar-refractivity contribution in [2.75, 3.05) is 33.9 Å². The monoisotopic (exact) mass is 414 g/mol. The van der Waals surface area contributed by atoms with Gasteiger partial charge in [0.15, 0.2) is 5.75 Å². The lowest BCUT2D eigenvalue weighted by Gasteiger charge is -2.35. The Morgan fingerprint density at radius 1 is 0.967 bits per heavy atom. The van der Waals surface area contributed by atoms with Crippen LogP contribution >= 0.6 is 0 Å². The van der Waals surface area contributed by atoms with Gasteiger partial charge < -0.3 is 18.9 Å². The van der Waals surface area contributed by atoms with Crippen LogP contribution in [0.15, 0.2) is 16.7 Å². The molecule has 1 aliphatic heterocycles. The van der Waals surface area contributed by atoms with Crippen LogP contribution in [0.4, 0.5) is 0 Å². The molecule has 2 aliphatic rings. The van der Waals surface area contributed by atoms with Crippen LogP contribution in [-0.4, -0.2) is 43.9 Å². The smallest absolute Gasteiger partial charge is 0.212 e. The second-order valence-corrected chi connectivity index (χ2v) is 9.30. The summed E-state index contributed by atoms with van der Waals surface area (Å²) in [5, 5.41) is 5.36. The normalized spacial score (nSPS) is 19.4. The molecule has 0 radical (unpaired) electrons. The molecule has 2 heterocycles. The van der Waals surface area contributed by atoms with Gasteiger partial charge in [0.25, 0.3) is 0 Å². The van der Waals surface area contributed by atoms with Crippen molar-refractivity contribution in [1.82, 2.24) is 10.1 Å². The van der Waals surface area contributed by atoms with Crippen molar-refractivity contribution < 1.29 is 14.0 Å². The lowest BCUT2D eigenvalue weighted by Crippen LogP contribution is -2.37. The molecule has 2 fully saturated rings. The van der Waals surface area contributed by atoms with Crippen LogP contribution in [0.2, 0.25) is 0 Å². The highest BCUT2D eigenvalue weighted by molar-refractivity contribution is 5.87. The van der Waals surface area contributed by atoms with E-state index in [-0.39, 0.29) is 0 Å². The Labute approximate surface area is 181 Å². The van der Waals surface area contributed by atoms with Crippen molar-refractivity contribution in [2.24, 2.45) is 11.8 Å². The van der Waals surface area contributed by atoms with Gasteiger partial charge in [-0.2, -0.15) is 0 Å². The third kappa shape index (κ3) is 5.11. The zero-order valence-electron chi connectivity index (χ0n) is 18.8. The number of benzene rings is 1. The predicted octanol–water partition coefficient (Wildman–Crippen LogP) is 5.85. The van der Waals surface area contributed by atoms with Gasteiger partial charge in [-0.1, -0.05) is 37.3 Å². The van der Waals surface area contributed by atoms with E-state index >= 15 is 0 Å². The minimum atomic E-state index is 0.633. The van der Waals surface area contributed by atoms with Crippen LogP contribution < -0.4 is 9.47 Å². The lowest BCUT2D eigenvalue weighted by molar-refractivity contribution is 0.141. The highest BCUT2D eigenvalue weighted by Crippen LogP contribution is 2.37. The Kier molecular flexibility index (Phi) is 7.53. The first-order valence-corrected chi connectivity index (χ1v) is 12.0. The maximum absolute atomic E-state index is 5.57. The summed E-state index contributed by atoms with van der Waals surface area (Å²) in [7, 11) is 3.28. The Morgan fingerprint density at radius 3 is 2.50 bits per heavy atom. The zero-order chi connectivity index (χ0) is 20.8. The topological polar surface area (TPSA) is 47.7 Å². The Bertz CT molecular complexity index is 789. The van der Waals surface area contributed by atoms with Crippen LogP contribution in [0.3, 0.4) is 0 Å². The molecular formula is C25H38N2O3. The number of ether oxygens (including phenoxy) is 2. The van der Waals surface area contributed by atoms with E-state index in [0.29, 0.717) is 17.1 Å². The molecular weight excluding hydrogens is 376 g/mol. The van der Waals surface area contributed by atoms with Crippen molar-refractivity contribution >= 4 is 11.0 Å². The van der Waals surface area contributed by atoms with Crippen LogP contribution in [0.25, 0.3) is 11.0 Å². The minimum Gasteiger partial charge on any atom is -0.493 e. The van der Waals surface area contributed by atoms with Gasteiger partial charge in [0.05, 0.1) is 19.9 Å². The molecule has 1 saturated heterocycles. The molecule has 1 aromatic heterocycles. The van der Waals surface area contributed by atoms with Crippen molar-refractivity contribution in [3.63, 3.8) is 0 Å². The van der Waals surface area contributed by atoms with E-state index in [9.17, 15) is 0 Å². The maximum atomic E-state index is 5.57. The van der Waals surface area contributed by atoms with Gasteiger partial charge in [-0.15, -0.1) is 0 Å². The molecule has 1 aromatic carbocycles. The van der Waals surface area contributed by atoms with Crippen molar-refractivity contribution in [1.29, 1.82) is 0 Å². The number of likely N-dealkylation sites (tertiary alicyclic amines) is 1. The van der Waals surface area contributed by atoms with Gasteiger partial charge in [-0.25, -0.2) is 0 Å². The van der Waals surface area contributed by atoms with Gasteiger partial charge in [0.1, 0.15) is 0 Å². The third-order valence-electron chi connectivity index (χ3n) is 7.28. The Morgan fingerprint density at radius 2 is 1.77 bits per heavy atom. The largest absolute Gasteiger partial charge is 0.493 e. The highest BCUT2D eigenvalue weighted by Gasteiger charge is 2.23. The number of unbranched alkanes of at least 4 members (excludes halogenated alkanes) is 1. The molecule has 30 heavy (non-hydrogen) atoms. The van der Waals surface area contributed by atoms with E-state index in [4.69, 9.17) is 14.0 Å². The average molecular weight is 415 g/mol. The van der Waals surface area contributed by atoms with E-state index in [2.05, 4.69) is 10.1 Å². The van der Waals surface area contributed by atoms with Gasteiger partial charge in [-0.05, 0) is 75.6 Å². The summed E-state index contributed by atoms with van der Waals surface area (Å²) < 4.78 is 16.4. The van der Waals surface area contributed by atoms with E-state index in [1.165, 1.54) is 77.4 Å². The predicted molar refractivity (Wildman–Crippen MR) is 120 cm³/mol. The van der Waals surface area contributed by atoms with Crippen LogP contribution in [0, 0.1) is 11.8 Å². The molecule has 166 valence electrons. The first kappa shape index (κ1) is 21.5. The first-order valence-electron chi connectivity index (χ1n) is 12.0. The molecule has 5 nitrogen and oxygen atoms in total.